The summed E-state index contributed by atoms with van der Waals surface area (Å²) in [5, 5.41) is 0. The molecule has 8 rings (SSSR count). The van der Waals surface area contributed by atoms with Crippen LogP contribution >= 0.6 is 0 Å². The van der Waals surface area contributed by atoms with E-state index in [1.165, 1.54) is 0 Å². The predicted molar refractivity (Wildman–Crippen MR) is 239 cm³/mol. The van der Waals surface area contributed by atoms with E-state index < -0.39 is 0 Å². The Morgan fingerprint density at radius 1 is 0.283 bits per heavy atom. The van der Waals surface area contributed by atoms with Gasteiger partial charge in [0.05, 0.1) is 5.69 Å². The molecule has 8 aromatic rings. The number of pyridine rings is 1. The number of rotatable bonds is 7. The van der Waals surface area contributed by atoms with Crippen LogP contribution in [0.5, 0.6) is 0 Å². The van der Waals surface area contributed by atoms with Gasteiger partial charge in [-0.1, -0.05) is 153 Å². The van der Waals surface area contributed by atoms with Crippen LogP contribution < -0.4 is 0 Å². The van der Waals surface area contributed by atoms with Crippen LogP contribution in [0, 0.1) is 0 Å². The molecule has 10 heteroatoms. The molecule has 0 radical (unpaired) electrons. The summed E-state index contributed by atoms with van der Waals surface area (Å²) in [6.07, 6.45) is 1.79. The predicted octanol–water partition coefficient (Wildman–Crippen LogP) is 11.2. The van der Waals surface area contributed by atoms with Crippen LogP contribution in [-0.2, 0) is 16.2 Å². The normalized spacial score (nSPS) is 12.1. The summed E-state index contributed by atoms with van der Waals surface area (Å²) in [5.74, 6) is 5.57. The van der Waals surface area contributed by atoms with Crippen LogP contribution in [0.1, 0.15) is 79.8 Å². The number of hydrogen-bond acceptors (Lipinski definition) is 10. The van der Waals surface area contributed by atoms with Crippen molar-refractivity contribution in [2.45, 2.75) is 78.6 Å². The lowest BCUT2D eigenvalue weighted by Gasteiger charge is -2.22. The fourth-order valence-corrected chi connectivity index (χ4v) is 6.42. The molecule has 60 heavy (non-hydrogen) atoms. The van der Waals surface area contributed by atoms with Gasteiger partial charge in [-0.2, -0.15) is 0 Å². The SMILES string of the molecule is CC(C)(C)c1nc(-c2ccc(-c3nc(C(C)(C)C)nc(C(C)(C)C)n3)cc2)nc(-c2cc(-c3ccccn3)cc(-c3nc(-c4ccccc4)nc(-c4ccccc4)n3)c2)n1. The van der Waals surface area contributed by atoms with Crippen LogP contribution in [0.4, 0.5) is 0 Å². The maximum absolute atomic E-state index is 5.15. The van der Waals surface area contributed by atoms with Crippen molar-refractivity contribution >= 4 is 0 Å². The molecule has 0 spiro atoms. The second kappa shape index (κ2) is 15.7. The molecule has 0 bridgehead atoms. The molecule has 0 atom stereocenters. The lowest BCUT2D eigenvalue weighted by Crippen LogP contribution is -2.24. The lowest BCUT2D eigenvalue weighted by atomic mass is 9.93. The third-order valence-corrected chi connectivity index (χ3v) is 9.79. The van der Waals surface area contributed by atoms with E-state index in [9.17, 15) is 0 Å². The van der Waals surface area contributed by atoms with Crippen LogP contribution in [0.15, 0.2) is 128 Å². The second-order valence-electron chi connectivity index (χ2n) is 18.0. The average molecular weight is 789 g/mol. The molecule has 0 aliphatic rings. The minimum absolute atomic E-state index is 0.242. The monoisotopic (exact) mass is 788 g/mol. The van der Waals surface area contributed by atoms with Crippen molar-refractivity contribution in [3.05, 3.63) is 145 Å². The molecule has 0 saturated heterocycles. The highest BCUT2D eigenvalue weighted by molar-refractivity contribution is 5.78. The van der Waals surface area contributed by atoms with E-state index in [1.807, 2.05) is 109 Å². The highest BCUT2D eigenvalue weighted by Gasteiger charge is 2.26. The molecule has 4 aromatic heterocycles. The Kier molecular flexibility index (Phi) is 10.4. The second-order valence-corrected chi connectivity index (χ2v) is 18.0. The van der Waals surface area contributed by atoms with Gasteiger partial charge in [-0.3, -0.25) is 4.98 Å². The van der Waals surface area contributed by atoms with Gasteiger partial charge in [0.1, 0.15) is 17.5 Å². The Balaban J connectivity index is 1.28. The van der Waals surface area contributed by atoms with Gasteiger partial charge in [0.25, 0.3) is 0 Å². The van der Waals surface area contributed by atoms with Crippen molar-refractivity contribution in [2.75, 3.05) is 0 Å². The van der Waals surface area contributed by atoms with Crippen LogP contribution in [0.2, 0.25) is 0 Å². The summed E-state index contributed by atoms with van der Waals surface area (Å²) in [4.78, 5) is 49.7. The summed E-state index contributed by atoms with van der Waals surface area (Å²) in [6, 6.07) is 40.1. The van der Waals surface area contributed by atoms with Crippen LogP contribution in [0.3, 0.4) is 0 Å². The molecule has 0 aliphatic heterocycles. The molecule has 0 unspecified atom stereocenters. The third kappa shape index (κ3) is 8.73. The first-order valence-corrected chi connectivity index (χ1v) is 20.2. The van der Waals surface area contributed by atoms with Gasteiger partial charge >= 0.3 is 0 Å². The minimum Gasteiger partial charge on any atom is -0.256 e. The fourth-order valence-electron chi connectivity index (χ4n) is 6.42. The molecule has 4 heterocycles. The first kappa shape index (κ1) is 39.9. The van der Waals surface area contributed by atoms with Crippen molar-refractivity contribution in [3.8, 4) is 79.6 Å². The van der Waals surface area contributed by atoms with E-state index in [4.69, 9.17) is 49.8 Å². The number of nitrogens with zero attached hydrogens (tertiary/aromatic N) is 10. The van der Waals surface area contributed by atoms with Crippen molar-refractivity contribution in [1.29, 1.82) is 0 Å². The molecular formula is C50H48N10. The zero-order valence-corrected chi connectivity index (χ0v) is 35.6. The van der Waals surface area contributed by atoms with E-state index in [2.05, 4.69) is 74.4 Å². The topological polar surface area (TPSA) is 129 Å². The first-order chi connectivity index (χ1) is 28.6. The van der Waals surface area contributed by atoms with E-state index in [-0.39, 0.29) is 16.2 Å². The first-order valence-electron chi connectivity index (χ1n) is 20.2. The number of hydrogen-bond donors (Lipinski definition) is 0. The van der Waals surface area contributed by atoms with Gasteiger partial charge in [-0.25, -0.2) is 44.9 Å². The van der Waals surface area contributed by atoms with Crippen molar-refractivity contribution in [3.63, 3.8) is 0 Å². The molecule has 10 nitrogen and oxygen atoms in total. The maximum Gasteiger partial charge on any atom is 0.164 e. The van der Waals surface area contributed by atoms with Gasteiger partial charge in [-0.15, -0.1) is 0 Å². The Labute approximate surface area is 351 Å². The largest absolute Gasteiger partial charge is 0.256 e. The highest BCUT2D eigenvalue weighted by Crippen LogP contribution is 2.34. The minimum atomic E-state index is -0.380. The van der Waals surface area contributed by atoms with Crippen LogP contribution in [-0.4, -0.2) is 49.8 Å². The van der Waals surface area contributed by atoms with Gasteiger partial charge in [0.2, 0.25) is 0 Å². The molecule has 4 aromatic carbocycles. The molecule has 0 amide bonds. The van der Waals surface area contributed by atoms with Crippen molar-refractivity contribution in [2.24, 2.45) is 0 Å². The van der Waals surface area contributed by atoms with Crippen LogP contribution in [0.25, 0.3) is 79.6 Å². The molecule has 298 valence electrons. The number of aromatic nitrogens is 10. The third-order valence-electron chi connectivity index (χ3n) is 9.79. The Bertz CT molecular complexity index is 2700. The Morgan fingerprint density at radius 3 is 1.00 bits per heavy atom. The van der Waals surface area contributed by atoms with Gasteiger partial charge in [0.15, 0.2) is 34.9 Å². The molecular weight excluding hydrogens is 741 g/mol. The summed E-state index contributed by atoms with van der Waals surface area (Å²) in [5.41, 5.74) is 5.86. The van der Waals surface area contributed by atoms with Gasteiger partial charge < -0.3 is 0 Å². The van der Waals surface area contributed by atoms with E-state index in [0.29, 0.717) is 40.8 Å². The molecule has 0 fully saturated rings. The Morgan fingerprint density at radius 2 is 0.600 bits per heavy atom. The smallest absolute Gasteiger partial charge is 0.164 e. The summed E-state index contributed by atoms with van der Waals surface area (Å²) >= 11 is 0. The standard InChI is InChI=1S/C50H48N10/c1-48(2,3)45-56-41(33-23-25-34(26-24-33)42-57-46(49(4,5)6)60-47(58-42)50(7,8)9)55-44(59-45)37-29-35(38-22-16-17-27-51-38)28-36(30-37)43-53-39(31-18-12-10-13-19-31)52-40(54-43)32-20-14-11-15-21-32/h10-30H,1-9H3. The van der Waals surface area contributed by atoms with Crippen molar-refractivity contribution in [1.82, 2.24) is 49.8 Å². The maximum atomic E-state index is 5.15. The fraction of sp³-hybridized carbons (Fsp3) is 0.240. The van der Waals surface area contributed by atoms with E-state index in [0.717, 1.165) is 56.3 Å². The van der Waals surface area contributed by atoms with E-state index >= 15 is 0 Å². The quantitative estimate of drug-likeness (QED) is 0.154. The highest BCUT2D eigenvalue weighted by atomic mass is 15.1. The molecule has 0 aliphatic carbocycles. The Hall–Kier alpha value is -6.94. The summed E-state index contributed by atoms with van der Waals surface area (Å²) < 4.78 is 0. The van der Waals surface area contributed by atoms with Gasteiger partial charge in [0, 0.05) is 61.4 Å². The molecule has 0 N–H and O–H groups in total. The zero-order chi connectivity index (χ0) is 42.2. The number of benzene rings is 4. The van der Waals surface area contributed by atoms with Crippen molar-refractivity contribution < 1.29 is 0 Å². The zero-order valence-electron chi connectivity index (χ0n) is 35.6. The summed E-state index contributed by atoms with van der Waals surface area (Å²) in [6.45, 7) is 19.0. The van der Waals surface area contributed by atoms with E-state index in [1.54, 1.807) is 6.20 Å². The summed E-state index contributed by atoms with van der Waals surface area (Å²) in [7, 11) is 0. The molecule has 0 saturated carbocycles. The average Bonchev–Trinajstić information content (AvgIpc) is 3.26. The van der Waals surface area contributed by atoms with Gasteiger partial charge in [-0.05, 0) is 30.3 Å². The lowest BCUT2D eigenvalue weighted by molar-refractivity contribution is 0.497.